The Morgan fingerprint density at radius 1 is 1.23 bits per heavy atom. The van der Waals surface area contributed by atoms with Gasteiger partial charge in [0.1, 0.15) is 13.2 Å². The Labute approximate surface area is 175 Å². The van der Waals surface area contributed by atoms with E-state index >= 15 is 0 Å². The van der Waals surface area contributed by atoms with Crippen LogP contribution in [-0.2, 0) is 11.3 Å². The lowest BCUT2D eigenvalue weighted by molar-refractivity contribution is -0.132. The molecule has 8 nitrogen and oxygen atoms in total. The molecule has 2 aliphatic rings. The largest absolute Gasteiger partial charge is 0.486 e. The maximum absolute atomic E-state index is 12.9. The Morgan fingerprint density at radius 2 is 2.07 bits per heavy atom. The van der Waals surface area contributed by atoms with Gasteiger partial charge in [-0.05, 0) is 36.6 Å². The van der Waals surface area contributed by atoms with Gasteiger partial charge in [0.05, 0.1) is 0 Å². The molecule has 0 unspecified atom stereocenters. The number of carbonyl (C=O) groups is 2. The van der Waals surface area contributed by atoms with Gasteiger partial charge >= 0.3 is 6.03 Å². The lowest BCUT2D eigenvalue weighted by Gasteiger charge is -2.39. The Kier molecular flexibility index (Phi) is 6.02. The highest BCUT2D eigenvalue weighted by Crippen LogP contribution is 2.32. The quantitative estimate of drug-likeness (QED) is 0.838. The third-order valence-corrected chi connectivity index (χ3v) is 5.40. The summed E-state index contributed by atoms with van der Waals surface area (Å²) in [6, 6.07) is 8.99. The topological polar surface area (TPSA) is 84.0 Å². The molecule has 0 saturated carbocycles. The van der Waals surface area contributed by atoms with Crippen molar-refractivity contribution in [2.45, 2.75) is 32.4 Å². The Balaban J connectivity index is 1.41. The van der Waals surface area contributed by atoms with Crippen molar-refractivity contribution in [1.29, 1.82) is 0 Å². The fourth-order valence-electron chi connectivity index (χ4n) is 3.90. The van der Waals surface area contributed by atoms with Gasteiger partial charge in [0.15, 0.2) is 11.5 Å². The summed E-state index contributed by atoms with van der Waals surface area (Å²) >= 11 is 0. The number of likely N-dealkylation sites (tertiary alicyclic amines) is 1. The molecule has 0 bridgehead atoms. The smallest absolute Gasteiger partial charge is 0.321 e. The molecule has 3 heterocycles. The van der Waals surface area contributed by atoms with Gasteiger partial charge in [-0.25, -0.2) is 4.79 Å². The molecule has 0 radical (unpaired) electrons. The third-order valence-electron chi connectivity index (χ3n) is 5.40. The standard InChI is InChI=1S/C22H26N4O4/c1-16(27)26(14-17-4-2-8-23-13-17)19-5-3-9-25(15-19)22(28)24-18-6-7-20-21(12-18)30-11-10-29-20/h2,4,6-8,12-13,19H,3,5,9-11,14-15H2,1H3,(H,24,28)/t19-/m0/s1. The summed E-state index contributed by atoms with van der Waals surface area (Å²) in [5.74, 6) is 1.32. The number of piperidine rings is 1. The number of pyridine rings is 1. The van der Waals surface area contributed by atoms with Crippen molar-refractivity contribution in [1.82, 2.24) is 14.8 Å². The van der Waals surface area contributed by atoms with Crippen LogP contribution in [0.1, 0.15) is 25.3 Å². The first-order chi connectivity index (χ1) is 14.6. The number of benzene rings is 1. The molecule has 2 aliphatic heterocycles. The number of hydrogen-bond donors (Lipinski definition) is 1. The van der Waals surface area contributed by atoms with Crippen LogP contribution in [0.5, 0.6) is 11.5 Å². The zero-order valence-corrected chi connectivity index (χ0v) is 17.0. The van der Waals surface area contributed by atoms with Gasteiger partial charge in [-0.1, -0.05) is 6.07 Å². The van der Waals surface area contributed by atoms with Gasteiger partial charge in [0.25, 0.3) is 0 Å². The second-order valence-corrected chi connectivity index (χ2v) is 7.54. The van der Waals surface area contributed by atoms with Crippen molar-refractivity contribution in [3.63, 3.8) is 0 Å². The van der Waals surface area contributed by atoms with Crippen molar-refractivity contribution < 1.29 is 19.1 Å². The summed E-state index contributed by atoms with van der Waals surface area (Å²) in [5.41, 5.74) is 1.63. The minimum absolute atomic E-state index is 0.00190. The molecule has 1 atom stereocenters. The normalized spacial score (nSPS) is 17.9. The zero-order chi connectivity index (χ0) is 20.9. The number of nitrogens with one attached hydrogen (secondary N) is 1. The molecule has 1 saturated heterocycles. The van der Waals surface area contributed by atoms with Crippen LogP contribution in [0.2, 0.25) is 0 Å². The van der Waals surface area contributed by atoms with E-state index in [4.69, 9.17) is 9.47 Å². The number of aromatic nitrogens is 1. The average Bonchev–Trinajstić information content (AvgIpc) is 2.78. The van der Waals surface area contributed by atoms with Gasteiger partial charge in [0.2, 0.25) is 5.91 Å². The number of nitrogens with zero attached hydrogens (tertiary/aromatic N) is 3. The number of anilines is 1. The molecule has 1 N–H and O–H groups in total. The van der Waals surface area contributed by atoms with Crippen LogP contribution in [0.4, 0.5) is 10.5 Å². The highest BCUT2D eigenvalue weighted by molar-refractivity contribution is 5.90. The molecule has 3 amide bonds. The monoisotopic (exact) mass is 410 g/mol. The van der Waals surface area contributed by atoms with Gasteiger partial charge < -0.3 is 24.6 Å². The summed E-state index contributed by atoms with van der Waals surface area (Å²) in [5, 5.41) is 2.94. The van der Waals surface area contributed by atoms with Crippen molar-refractivity contribution in [3.05, 3.63) is 48.3 Å². The van der Waals surface area contributed by atoms with E-state index in [1.54, 1.807) is 42.4 Å². The van der Waals surface area contributed by atoms with Crippen LogP contribution in [0.15, 0.2) is 42.7 Å². The number of amides is 3. The second-order valence-electron chi connectivity index (χ2n) is 7.54. The summed E-state index contributed by atoms with van der Waals surface area (Å²) in [6.07, 6.45) is 5.20. The number of hydrogen-bond acceptors (Lipinski definition) is 5. The van der Waals surface area contributed by atoms with E-state index in [1.165, 1.54) is 0 Å². The van der Waals surface area contributed by atoms with E-state index in [1.807, 2.05) is 17.0 Å². The molecule has 0 aliphatic carbocycles. The molecule has 30 heavy (non-hydrogen) atoms. The maximum Gasteiger partial charge on any atom is 0.321 e. The molecule has 1 aromatic heterocycles. The van der Waals surface area contributed by atoms with Crippen LogP contribution in [-0.4, -0.2) is 59.1 Å². The fraction of sp³-hybridized carbons (Fsp3) is 0.409. The molecule has 2 aromatic rings. The summed E-state index contributed by atoms with van der Waals surface area (Å²) in [6.45, 7) is 4.24. The molecular weight excluding hydrogens is 384 g/mol. The van der Waals surface area contributed by atoms with Crippen molar-refractivity contribution in [2.24, 2.45) is 0 Å². The molecule has 158 valence electrons. The fourth-order valence-corrected chi connectivity index (χ4v) is 3.90. The van der Waals surface area contributed by atoms with E-state index in [0.717, 1.165) is 18.4 Å². The summed E-state index contributed by atoms with van der Waals surface area (Å²) in [7, 11) is 0. The lowest BCUT2D eigenvalue weighted by Crippen LogP contribution is -2.51. The molecule has 1 fully saturated rings. The number of carbonyl (C=O) groups excluding carboxylic acids is 2. The maximum atomic E-state index is 12.9. The van der Waals surface area contributed by atoms with Crippen molar-refractivity contribution >= 4 is 17.6 Å². The summed E-state index contributed by atoms with van der Waals surface area (Å²) in [4.78, 5) is 32.9. The van der Waals surface area contributed by atoms with E-state index in [0.29, 0.717) is 50.0 Å². The van der Waals surface area contributed by atoms with Gasteiger partial charge in [-0.15, -0.1) is 0 Å². The Hall–Kier alpha value is -3.29. The highest BCUT2D eigenvalue weighted by Gasteiger charge is 2.29. The lowest BCUT2D eigenvalue weighted by atomic mass is 10.0. The third kappa shape index (κ3) is 4.64. The average molecular weight is 410 g/mol. The van der Waals surface area contributed by atoms with Crippen molar-refractivity contribution in [2.75, 3.05) is 31.6 Å². The van der Waals surface area contributed by atoms with Gasteiger partial charge in [-0.2, -0.15) is 0 Å². The van der Waals surface area contributed by atoms with Crippen LogP contribution in [0.3, 0.4) is 0 Å². The molecular formula is C22H26N4O4. The molecule has 1 aromatic carbocycles. The second kappa shape index (κ2) is 9.02. The Bertz CT molecular complexity index is 905. The van der Waals surface area contributed by atoms with Crippen LogP contribution < -0.4 is 14.8 Å². The number of rotatable bonds is 4. The number of fused-ring (bicyclic) bond motifs is 1. The van der Waals surface area contributed by atoms with Gasteiger partial charge in [0, 0.05) is 56.7 Å². The minimum atomic E-state index is -0.179. The van der Waals surface area contributed by atoms with E-state index in [9.17, 15) is 9.59 Å². The first-order valence-corrected chi connectivity index (χ1v) is 10.2. The SMILES string of the molecule is CC(=O)N(Cc1cccnc1)[C@H]1CCCN(C(=O)Nc2ccc3c(c2)OCCO3)C1. The molecule has 0 spiro atoms. The van der Waals surface area contributed by atoms with Crippen LogP contribution in [0, 0.1) is 0 Å². The number of urea groups is 1. The summed E-state index contributed by atoms with van der Waals surface area (Å²) < 4.78 is 11.1. The Morgan fingerprint density at radius 3 is 2.83 bits per heavy atom. The predicted molar refractivity (Wildman–Crippen MR) is 112 cm³/mol. The first-order valence-electron chi connectivity index (χ1n) is 10.2. The van der Waals surface area contributed by atoms with Gasteiger partial charge in [-0.3, -0.25) is 9.78 Å². The minimum Gasteiger partial charge on any atom is -0.486 e. The van der Waals surface area contributed by atoms with Crippen LogP contribution in [0.25, 0.3) is 0 Å². The van der Waals surface area contributed by atoms with E-state index < -0.39 is 0 Å². The van der Waals surface area contributed by atoms with E-state index in [2.05, 4.69) is 10.3 Å². The highest BCUT2D eigenvalue weighted by atomic mass is 16.6. The molecule has 8 heteroatoms. The molecule has 4 rings (SSSR count). The van der Waals surface area contributed by atoms with Crippen LogP contribution >= 0.6 is 0 Å². The van der Waals surface area contributed by atoms with Crippen molar-refractivity contribution in [3.8, 4) is 11.5 Å². The zero-order valence-electron chi connectivity index (χ0n) is 17.0. The predicted octanol–water partition coefficient (Wildman–Crippen LogP) is 2.90. The first kappa shape index (κ1) is 20.0. The number of ether oxygens (including phenoxy) is 2. The van der Waals surface area contributed by atoms with E-state index in [-0.39, 0.29) is 18.0 Å².